The lowest BCUT2D eigenvalue weighted by Crippen LogP contribution is -2.47. The number of esters is 1. The summed E-state index contributed by atoms with van der Waals surface area (Å²) in [6.45, 7) is 1.20. The van der Waals surface area contributed by atoms with Gasteiger partial charge in [-0.1, -0.05) is 30.3 Å². The Kier molecular flexibility index (Phi) is 5.43. The Labute approximate surface area is 128 Å². The van der Waals surface area contributed by atoms with E-state index in [1.54, 1.807) is 0 Å². The summed E-state index contributed by atoms with van der Waals surface area (Å²) in [6, 6.07) is 9.31. The second-order valence-corrected chi connectivity index (χ2v) is 5.03. The second-order valence-electron chi connectivity index (χ2n) is 5.03. The molecule has 2 N–H and O–H groups in total. The van der Waals surface area contributed by atoms with Crippen molar-refractivity contribution in [3.8, 4) is 0 Å². The summed E-state index contributed by atoms with van der Waals surface area (Å²) < 4.78 is 10.3. The maximum atomic E-state index is 11.8. The van der Waals surface area contributed by atoms with Crippen molar-refractivity contribution < 1.29 is 29.3 Å². The van der Waals surface area contributed by atoms with Gasteiger partial charge in [0.2, 0.25) is 0 Å². The zero-order valence-corrected chi connectivity index (χ0v) is 12.1. The van der Waals surface area contributed by atoms with Gasteiger partial charge in [0.25, 0.3) is 0 Å². The van der Waals surface area contributed by atoms with Crippen LogP contribution in [0.25, 0.3) is 0 Å². The van der Waals surface area contributed by atoms with Crippen LogP contribution in [0.1, 0.15) is 12.5 Å². The minimum absolute atomic E-state index is 0.117. The van der Waals surface area contributed by atoms with Crippen LogP contribution in [0.3, 0.4) is 0 Å². The van der Waals surface area contributed by atoms with Crippen molar-refractivity contribution in [1.82, 2.24) is 0 Å². The van der Waals surface area contributed by atoms with Crippen molar-refractivity contribution in [2.75, 3.05) is 6.61 Å². The van der Waals surface area contributed by atoms with E-state index in [1.807, 2.05) is 30.3 Å². The van der Waals surface area contributed by atoms with E-state index in [9.17, 15) is 19.8 Å². The van der Waals surface area contributed by atoms with E-state index in [0.717, 1.165) is 5.56 Å². The lowest BCUT2D eigenvalue weighted by atomic mass is 9.91. The molecule has 0 saturated heterocycles. The van der Waals surface area contributed by atoms with E-state index in [1.165, 1.54) is 13.0 Å². The molecule has 6 nitrogen and oxygen atoms in total. The molecule has 3 atom stereocenters. The molecule has 2 rings (SSSR count). The Bertz CT molecular complexity index is 565. The number of aliphatic hydroxyl groups excluding tert-OH is 2. The largest absolute Gasteiger partial charge is 0.461 e. The van der Waals surface area contributed by atoms with Crippen LogP contribution in [0, 0.1) is 0 Å². The molecule has 0 fully saturated rings. The van der Waals surface area contributed by atoms with Crippen LogP contribution in [-0.2, 0) is 25.7 Å². The number of hydrogen-bond donors (Lipinski definition) is 2. The number of Topliss-reactive ketones (excluding diaryl/α,β-unsaturated/α-hetero) is 1. The highest BCUT2D eigenvalue weighted by Crippen LogP contribution is 2.20. The average Bonchev–Trinajstić information content (AvgIpc) is 2.52. The molecule has 22 heavy (non-hydrogen) atoms. The summed E-state index contributed by atoms with van der Waals surface area (Å²) in [4.78, 5) is 22.7. The van der Waals surface area contributed by atoms with Gasteiger partial charge < -0.3 is 19.7 Å². The fourth-order valence-electron chi connectivity index (χ4n) is 2.12. The van der Waals surface area contributed by atoms with Crippen molar-refractivity contribution >= 4 is 11.8 Å². The van der Waals surface area contributed by atoms with Crippen LogP contribution < -0.4 is 0 Å². The van der Waals surface area contributed by atoms with Gasteiger partial charge in [0, 0.05) is 12.5 Å². The van der Waals surface area contributed by atoms with E-state index in [-0.39, 0.29) is 18.8 Å². The van der Waals surface area contributed by atoms with Gasteiger partial charge in [-0.3, -0.25) is 9.59 Å². The van der Waals surface area contributed by atoms with Crippen molar-refractivity contribution in [2.24, 2.45) is 0 Å². The highest BCUT2D eigenvalue weighted by atomic mass is 16.5. The second kappa shape index (κ2) is 7.31. The van der Waals surface area contributed by atoms with Crippen LogP contribution >= 0.6 is 0 Å². The van der Waals surface area contributed by atoms with E-state index in [4.69, 9.17) is 9.47 Å². The third-order valence-corrected chi connectivity index (χ3v) is 3.33. The molecule has 1 aliphatic rings. The first-order valence-electron chi connectivity index (χ1n) is 6.89. The van der Waals surface area contributed by atoms with Crippen molar-refractivity contribution in [2.45, 2.75) is 31.8 Å². The van der Waals surface area contributed by atoms with Gasteiger partial charge in [-0.15, -0.1) is 0 Å². The monoisotopic (exact) mass is 306 g/mol. The summed E-state index contributed by atoms with van der Waals surface area (Å²) in [7, 11) is 0. The van der Waals surface area contributed by atoms with E-state index in [0.29, 0.717) is 0 Å². The van der Waals surface area contributed by atoms with Crippen molar-refractivity contribution in [1.29, 1.82) is 0 Å². The molecule has 0 heterocycles. The number of ether oxygens (including phenoxy) is 2. The highest BCUT2D eigenvalue weighted by Gasteiger charge is 2.37. The fraction of sp³-hybridized carbons (Fsp3) is 0.375. The minimum Gasteiger partial charge on any atom is -0.461 e. The topological polar surface area (TPSA) is 93.1 Å². The molecule has 0 amide bonds. The van der Waals surface area contributed by atoms with E-state index >= 15 is 0 Å². The smallest absolute Gasteiger partial charge is 0.302 e. The van der Waals surface area contributed by atoms with Gasteiger partial charge in [0.1, 0.15) is 24.9 Å². The Morgan fingerprint density at radius 3 is 2.50 bits per heavy atom. The average molecular weight is 306 g/mol. The number of carbonyl (C=O) groups is 2. The molecule has 6 heteroatoms. The molecule has 1 aromatic rings. The standard InChI is InChI=1S/C16H18O6/c1-10(17)21-9-12-7-13(15(19)16(20)14(12)18)22-8-11-5-3-2-4-6-11/h2-7,13,15-16,19-20H,8-9H2,1H3/t13-,15-,16-/m0/s1. The van der Waals surface area contributed by atoms with E-state index < -0.39 is 30.1 Å². The molecule has 0 bridgehead atoms. The Morgan fingerprint density at radius 1 is 1.18 bits per heavy atom. The molecule has 0 spiro atoms. The maximum Gasteiger partial charge on any atom is 0.302 e. The molecule has 118 valence electrons. The SMILES string of the molecule is CC(=O)OCC1=C[C@H](OCc2ccccc2)[C@H](O)[C@@H](O)C1=O. The van der Waals surface area contributed by atoms with Crippen LogP contribution in [0.15, 0.2) is 42.0 Å². The first kappa shape index (κ1) is 16.4. The molecule has 0 aliphatic heterocycles. The van der Waals surface area contributed by atoms with Gasteiger partial charge in [0.15, 0.2) is 5.78 Å². The fourth-order valence-corrected chi connectivity index (χ4v) is 2.12. The normalized spacial score (nSPS) is 24.8. The maximum absolute atomic E-state index is 11.8. The lowest BCUT2D eigenvalue weighted by molar-refractivity contribution is -0.143. The molecular weight excluding hydrogens is 288 g/mol. The summed E-state index contributed by atoms with van der Waals surface area (Å²) in [5.74, 6) is -1.19. The van der Waals surface area contributed by atoms with Crippen molar-refractivity contribution in [3.05, 3.63) is 47.5 Å². The predicted molar refractivity (Wildman–Crippen MR) is 76.8 cm³/mol. The minimum atomic E-state index is -1.59. The number of ketones is 1. The van der Waals surface area contributed by atoms with E-state index in [2.05, 4.69) is 0 Å². The first-order valence-corrected chi connectivity index (χ1v) is 6.89. The Balaban J connectivity index is 2.07. The van der Waals surface area contributed by atoms with Crippen LogP contribution in [0.5, 0.6) is 0 Å². The van der Waals surface area contributed by atoms with Crippen molar-refractivity contribution in [3.63, 3.8) is 0 Å². The third-order valence-electron chi connectivity index (χ3n) is 3.33. The summed E-state index contributed by atoms with van der Waals surface area (Å²) >= 11 is 0. The number of aliphatic hydroxyl groups is 2. The predicted octanol–water partition coefficient (Wildman–Crippen LogP) is 0.366. The first-order chi connectivity index (χ1) is 10.5. The van der Waals surface area contributed by atoms with Gasteiger partial charge in [-0.2, -0.15) is 0 Å². The molecule has 1 aromatic carbocycles. The Morgan fingerprint density at radius 2 is 1.86 bits per heavy atom. The van der Waals surface area contributed by atoms with Crippen LogP contribution in [-0.4, -0.2) is 46.9 Å². The molecule has 0 unspecified atom stereocenters. The molecule has 0 saturated carbocycles. The zero-order valence-electron chi connectivity index (χ0n) is 12.1. The third kappa shape index (κ3) is 4.00. The van der Waals surface area contributed by atoms with Gasteiger partial charge in [-0.25, -0.2) is 0 Å². The number of carbonyl (C=O) groups excluding carboxylic acids is 2. The zero-order chi connectivity index (χ0) is 16.1. The van der Waals surface area contributed by atoms with Crippen LogP contribution in [0.2, 0.25) is 0 Å². The summed E-state index contributed by atoms with van der Waals surface area (Å²) in [5, 5.41) is 19.7. The quantitative estimate of drug-likeness (QED) is 0.763. The van der Waals surface area contributed by atoms with Gasteiger partial charge >= 0.3 is 5.97 Å². The van der Waals surface area contributed by atoms with Gasteiger partial charge in [0.05, 0.1) is 6.61 Å². The number of hydrogen-bond acceptors (Lipinski definition) is 6. The lowest BCUT2D eigenvalue weighted by Gasteiger charge is -2.29. The van der Waals surface area contributed by atoms with Crippen LogP contribution in [0.4, 0.5) is 0 Å². The Hall–Kier alpha value is -2.02. The molecule has 0 radical (unpaired) electrons. The number of rotatable bonds is 5. The molecular formula is C16H18O6. The summed E-state index contributed by atoms with van der Waals surface area (Å²) in [5.41, 5.74) is 1.02. The number of benzene rings is 1. The van der Waals surface area contributed by atoms with Gasteiger partial charge in [-0.05, 0) is 11.6 Å². The highest BCUT2D eigenvalue weighted by molar-refractivity contribution is 6.00. The molecule has 0 aromatic heterocycles. The summed E-state index contributed by atoms with van der Waals surface area (Å²) in [6.07, 6.45) is -2.39. The molecule has 1 aliphatic carbocycles.